The van der Waals surface area contributed by atoms with E-state index in [0.29, 0.717) is 0 Å². The lowest BCUT2D eigenvalue weighted by molar-refractivity contribution is 0.193. The molecule has 1 aromatic carbocycles. The third-order valence-electron chi connectivity index (χ3n) is 2.29. The zero-order chi connectivity index (χ0) is 10.2. The number of nitrogens with zero attached hydrogens (tertiary/aromatic N) is 1. The van der Waals surface area contributed by atoms with E-state index in [9.17, 15) is 0 Å². The number of ether oxygens (including phenoxy) is 1. The molecule has 0 aliphatic carbocycles. The van der Waals surface area contributed by atoms with E-state index in [1.165, 1.54) is 12.1 Å². The van der Waals surface area contributed by atoms with E-state index >= 15 is 0 Å². The minimum absolute atomic E-state index is 0.864. The van der Waals surface area contributed by atoms with E-state index in [-0.39, 0.29) is 0 Å². The van der Waals surface area contributed by atoms with E-state index in [1.54, 1.807) is 7.11 Å². The molecule has 14 heavy (non-hydrogen) atoms. The summed E-state index contributed by atoms with van der Waals surface area (Å²) in [6.07, 6.45) is 2.31. The van der Waals surface area contributed by atoms with Gasteiger partial charge >= 0.3 is 0 Å². The third kappa shape index (κ3) is 3.79. The van der Waals surface area contributed by atoms with Crippen molar-refractivity contribution in [1.29, 1.82) is 0 Å². The Morgan fingerprint density at radius 2 is 1.86 bits per heavy atom. The van der Waals surface area contributed by atoms with E-state index in [1.807, 2.05) is 6.07 Å². The number of methoxy groups -OCH3 is 1. The average molecular weight is 193 g/mol. The van der Waals surface area contributed by atoms with Crippen LogP contribution in [0.2, 0.25) is 0 Å². The van der Waals surface area contributed by atoms with Crippen LogP contribution in [0.4, 0.5) is 5.69 Å². The maximum absolute atomic E-state index is 5.01. The molecule has 2 heteroatoms. The van der Waals surface area contributed by atoms with Crippen molar-refractivity contribution in [2.45, 2.75) is 12.8 Å². The van der Waals surface area contributed by atoms with Crippen molar-refractivity contribution < 1.29 is 4.74 Å². The second-order valence-electron chi connectivity index (χ2n) is 3.46. The van der Waals surface area contributed by atoms with Crippen molar-refractivity contribution in [2.75, 3.05) is 32.2 Å². The SMILES string of the molecule is COCCCCN(C)c1ccccc1. The molecule has 0 aliphatic heterocycles. The standard InChI is InChI=1S/C12H19NO/c1-13(10-6-7-11-14-2)12-8-4-3-5-9-12/h3-5,8-9H,6-7,10-11H2,1-2H3. The van der Waals surface area contributed by atoms with Gasteiger partial charge in [-0.2, -0.15) is 0 Å². The van der Waals surface area contributed by atoms with Crippen LogP contribution in [0.3, 0.4) is 0 Å². The van der Waals surface area contributed by atoms with Gasteiger partial charge < -0.3 is 9.64 Å². The Morgan fingerprint density at radius 3 is 2.50 bits per heavy atom. The number of unbranched alkanes of at least 4 members (excludes halogenated alkanes) is 1. The van der Waals surface area contributed by atoms with Crippen LogP contribution >= 0.6 is 0 Å². The third-order valence-corrected chi connectivity index (χ3v) is 2.29. The molecule has 1 rings (SSSR count). The van der Waals surface area contributed by atoms with Gasteiger partial charge in [0.25, 0.3) is 0 Å². The van der Waals surface area contributed by atoms with Gasteiger partial charge in [-0.3, -0.25) is 0 Å². The lowest BCUT2D eigenvalue weighted by atomic mass is 10.2. The molecule has 0 saturated heterocycles. The molecule has 0 bridgehead atoms. The molecule has 0 heterocycles. The van der Waals surface area contributed by atoms with Gasteiger partial charge in [-0.1, -0.05) is 18.2 Å². The van der Waals surface area contributed by atoms with Crippen molar-refractivity contribution in [1.82, 2.24) is 0 Å². The smallest absolute Gasteiger partial charge is 0.0462 e. The number of hydrogen-bond donors (Lipinski definition) is 0. The highest BCUT2D eigenvalue weighted by Gasteiger charge is 1.98. The summed E-state index contributed by atoms with van der Waals surface area (Å²) in [6, 6.07) is 10.5. The average Bonchev–Trinajstić information content (AvgIpc) is 2.25. The first-order valence-corrected chi connectivity index (χ1v) is 5.09. The molecule has 0 amide bonds. The Kier molecular flexibility index (Phi) is 5.08. The summed E-state index contributed by atoms with van der Waals surface area (Å²) >= 11 is 0. The number of hydrogen-bond acceptors (Lipinski definition) is 2. The van der Waals surface area contributed by atoms with Crippen molar-refractivity contribution in [2.24, 2.45) is 0 Å². The van der Waals surface area contributed by atoms with Crippen LogP contribution in [0.5, 0.6) is 0 Å². The highest BCUT2D eigenvalue weighted by molar-refractivity contribution is 5.44. The second-order valence-corrected chi connectivity index (χ2v) is 3.46. The molecule has 0 atom stereocenters. The topological polar surface area (TPSA) is 12.5 Å². The quantitative estimate of drug-likeness (QED) is 0.644. The minimum Gasteiger partial charge on any atom is -0.385 e. The highest BCUT2D eigenvalue weighted by Crippen LogP contribution is 2.11. The van der Waals surface area contributed by atoms with Gasteiger partial charge in [0.1, 0.15) is 0 Å². The molecular weight excluding hydrogens is 174 g/mol. The second kappa shape index (κ2) is 6.44. The van der Waals surface area contributed by atoms with Crippen molar-refractivity contribution >= 4 is 5.69 Å². The zero-order valence-electron chi connectivity index (χ0n) is 9.07. The van der Waals surface area contributed by atoms with Gasteiger partial charge in [-0.25, -0.2) is 0 Å². The van der Waals surface area contributed by atoms with Gasteiger partial charge in [-0.15, -0.1) is 0 Å². The molecular formula is C12H19NO. The fourth-order valence-corrected chi connectivity index (χ4v) is 1.41. The Balaban J connectivity index is 2.25. The lowest BCUT2D eigenvalue weighted by Gasteiger charge is -2.18. The molecule has 0 saturated carbocycles. The summed E-state index contributed by atoms with van der Waals surface area (Å²) in [7, 11) is 3.88. The van der Waals surface area contributed by atoms with Crippen molar-refractivity contribution in [3.05, 3.63) is 30.3 Å². The van der Waals surface area contributed by atoms with Crippen LogP contribution in [0.1, 0.15) is 12.8 Å². The summed E-state index contributed by atoms with van der Waals surface area (Å²) in [5.41, 5.74) is 1.28. The fourth-order valence-electron chi connectivity index (χ4n) is 1.41. The molecule has 0 spiro atoms. The van der Waals surface area contributed by atoms with Crippen LogP contribution in [-0.4, -0.2) is 27.3 Å². The van der Waals surface area contributed by atoms with Crippen LogP contribution in [-0.2, 0) is 4.74 Å². The normalized spacial score (nSPS) is 10.1. The van der Waals surface area contributed by atoms with Gasteiger partial charge in [0.15, 0.2) is 0 Å². The molecule has 0 aromatic heterocycles. The molecule has 78 valence electrons. The maximum atomic E-state index is 5.01. The zero-order valence-corrected chi connectivity index (χ0v) is 9.07. The minimum atomic E-state index is 0.864. The molecule has 0 radical (unpaired) electrons. The summed E-state index contributed by atoms with van der Waals surface area (Å²) in [6.45, 7) is 1.95. The number of anilines is 1. The predicted octanol–water partition coefficient (Wildman–Crippen LogP) is 2.55. The lowest BCUT2D eigenvalue weighted by Crippen LogP contribution is -2.18. The van der Waals surface area contributed by atoms with E-state index < -0.39 is 0 Å². The van der Waals surface area contributed by atoms with Crippen LogP contribution in [0, 0.1) is 0 Å². The molecule has 0 fully saturated rings. The van der Waals surface area contributed by atoms with E-state index in [2.05, 4.69) is 36.2 Å². The Morgan fingerprint density at radius 1 is 1.14 bits per heavy atom. The van der Waals surface area contributed by atoms with Gasteiger partial charge in [0.2, 0.25) is 0 Å². The monoisotopic (exact) mass is 193 g/mol. The molecule has 0 aliphatic rings. The first-order chi connectivity index (χ1) is 6.84. The molecule has 1 aromatic rings. The highest BCUT2D eigenvalue weighted by atomic mass is 16.5. The summed E-state index contributed by atoms with van der Waals surface area (Å²) in [5.74, 6) is 0. The van der Waals surface area contributed by atoms with Gasteiger partial charge in [0, 0.05) is 33.0 Å². The first kappa shape index (κ1) is 11.1. The summed E-state index contributed by atoms with van der Waals surface area (Å²) in [4.78, 5) is 2.27. The van der Waals surface area contributed by atoms with E-state index in [0.717, 1.165) is 19.6 Å². The number of rotatable bonds is 6. The fraction of sp³-hybridized carbons (Fsp3) is 0.500. The van der Waals surface area contributed by atoms with E-state index in [4.69, 9.17) is 4.74 Å². The number of para-hydroxylation sites is 1. The maximum Gasteiger partial charge on any atom is 0.0462 e. The van der Waals surface area contributed by atoms with Crippen molar-refractivity contribution in [3.63, 3.8) is 0 Å². The van der Waals surface area contributed by atoms with Crippen molar-refractivity contribution in [3.8, 4) is 0 Å². The van der Waals surface area contributed by atoms with Gasteiger partial charge in [-0.05, 0) is 25.0 Å². The molecule has 0 unspecified atom stereocenters. The van der Waals surface area contributed by atoms with Crippen LogP contribution < -0.4 is 4.90 Å². The number of benzene rings is 1. The molecule has 0 N–H and O–H groups in total. The Bertz CT molecular complexity index is 235. The van der Waals surface area contributed by atoms with Gasteiger partial charge in [0.05, 0.1) is 0 Å². The first-order valence-electron chi connectivity index (χ1n) is 5.09. The predicted molar refractivity (Wildman–Crippen MR) is 60.8 cm³/mol. The largest absolute Gasteiger partial charge is 0.385 e. The van der Waals surface area contributed by atoms with Crippen LogP contribution in [0.15, 0.2) is 30.3 Å². The Labute approximate surface area is 86.5 Å². The molecule has 2 nitrogen and oxygen atoms in total. The summed E-state index contributed by atoms with van der Waals surface area (Å²) in [5, 5.41) is 0. The summed E-state index contributed by atoms with van der Waals surface area (Å²) < 4.78 is 5.01. The Hall–Kier alpha value is -1.02. The van der Waals surface area contributed by atoms with Crippen LogP contribution in [0.25, 0.3) is 0 Å².